The maximum Gasteiger partial charge on any atom is 0.248 e. The summed E-state index contributed by atoms with van der Waals surface area (Å²) >= 11 is 0. The van der Waals surface area contributed by atoms with E-state index in [1.807, 2.05) is 23.1 Å². The fourth-order valence-electron chi connectivity index (χ4n) is 3.31. The van der Waals surface area contributed by atoms with Gasteiger partial charge in [-0.3, -0.25) is 9.48 Å². The summed E-state index contributed by atoms with van der Waals surface area (Å²) in [5.41, 5.74) is -0.607. The highest BCUT2D eigenvalue weighted by atomic mass is 35.5. The molecule has 1 saturated heterocycles. The van der Waals surface area contributed by atoms with Crippen LogP contribution in [0.5, 0.6) is 0 Å². The van der Waals surface area contributed by atoms with Crippen LogP contribution in [0.15, 0.2) is 30.9 Å². The van der Waals surface area contributed by atoms with Gasteiger partial charge in [-0.05, 0) is 37.9 Å². The first-order chi connectivity index (χ1) is 11.6. The highest BCUT2D eigenvalue weighted by Crippen LogP contribution is 2.27. The highest BCUT2D eigenvalue weighted by molar-refractivity contribution is 5.85. The van der Waals surface area contributed by atoms with Crippen LogP contribution in [0.3, 0.4) is 0 Å². The molecule has 146 valence electrons. The van der Waals surface area contributed by atoms with Gasteiger partial charge in [0.1, 0.15) is 11.4 Å². The van der Waals surface area contributed by atoms with Crippen LogP contribution in [0.1, 0.15) is 32.5 Å². The number of carbonyl (C=O) groups is 1. The van der Waals surface area contributed by atoms with E-state index in [-0.39, 0.29) is 30.7 Å². The van der Waals surface area contributed by atoms with Gasteiger partial charge >= 0.3 is 0 Å². The standard InChI is InChI=1S/C17H26N6O.2ClH/c1-14(2)13-22-11-9-19-15(22)12-20-16(24)17(4-7-18-8-5-17)23-10-3-6-21-23;;/h3,6,9-11,14,18H,4-5,7-8,12-13H2,1-2H3,(H,20,24);2*1H. The van der Waals surface area contributed by atoms with E-state index in [0.717, 1.165) is 38.3 Å². The Bertz CT molecular complexity index is 665. The largest absolute Gasteiger partial charge is 0.347 e. The summed E-state index contributed by atoms with van der Waals surface area (Å²) in [6.45, 7) is 7.31. The van der Waals surface area contributed by atoms with E-state index >= 15 is 0 Å². The number of amides is 1. The van der Waals surface area contributed by atoms with E-state index in [2.05, 4.69) is 39.1 Å². The lowest BCUT2D eigenvalue weighted by Gasteiger charge is -2.36. The highest BCUT2D eigenvalue weighted by Gasteiger charge is 2.41. The molecule has 0 unspecified atom stereocenters. The number of imidazole rings is 1. The average molecular weight is 403 g/mol. The maximum atomic E-state index is 13.0. The minimum atomic E-state index is -0.607. The predicted octanol–water partition coefficient (Wildman–Crippen LogP) is 1.97. The van der Waals surface area contributed by atoms with E-state index in [1.54, 1.807) is 12.4 Å². The van der Waals surface area contributed by atoms with Gasteiger partial charge < -0.3 is 15.2 Å². The molecule has 1 fully saturated rings. The lowest BCUT2D eigenvalue weighted by Crippen LogP contribution is -2.54. The van der Waals surface area contributed by atoms with Crippen LogP contribution >= 0.6 is 24.8 Å². The molecule has 3 rings (SSSR count). The Labute approximate surface area is 166 Å². The summed E-state index contributed by atoms with van der Waals surface area (Å²) in [5, 5.41) is 10.7. The van der Waals surface area contributed by atoms with Crippen molar-refractivity contribution < 1.29 is 4.79 Å². The van der Waals surface area contributed by atoms with Crippen molar-refractivity contribution in [1.29, 1.82) is 0 Å². The molecule has 0 radical (unpaired) electrons. The van der Waals surface area contributed by atoms with Gasteiger partial charge in [0, 0.05) is 31.3 Å². The Kier molecular flexibility index (Phi) is 8.59. The molecule has 2 N–H and O–H groups in total. The summed E-state index contributed by atoms with van der Waals surface area (Å²) < 4.78 is 3.91. The molecule has 0 saturated carbocycles. The molecule has 1 aliphatic heterocycles. The number of nitrogens with one attached hydrogen (secondary N) is 2. The zero-order valence-corrected chi connectivity index (χ0v) is 16.9. The fraction of sp³-hybridized carbons (Fsp3) is 0.588. The summed E-state index contributed by atoms with van der Waals surface area (Å²) in [6, 6.07) is 1.87. The minimum absolute atomic E-state index is 0. The third kappa shape index (κ3) is 4.78. The van der Waals surface area contributed by atoms with E-state index in [1.165, 1.54) is 0 Å². The molecule has 3 heterocycles. The second-order valence-corrected chi connectivity index (χ2v) is 6.80. The van der Waals surface area contributed by atoms with Gasteiger partial charge in [-0.2, -0.15) is 5.10 Å². The van der Waals surface area contributed by atoms with Gasteiger partial charge in [-0.25, -0.2) is 4.98 Å². The van der Waals surface area contributed by atoms with Gasteiger partial charge in [0.25, 0.3) is 0 Å². The molecule has 7 nitrogen and oxygen atoms in total. The smallest absolute Gasteiger partial charge is 0.248 e. The predicted molar refractivity (Wildman–Crippen MR) is 106 cm³/mol. The fourth-order valence-corrected chi connectivity index (χ4v) is 3.31. The van der Waals surface area contributed by atoms with E-state index in [9.17, 15) is 4.79 Å². The number of rotatable bonds is 6. The van der Waals surface area contributed by atoms with Crippen LogP contribution in [0.25, 0.3) is 0 Å². The average Bonchev–Trinajstić information content (AvgIpc) is 3.25. The molecule has 2 aromatic rings. The molecular formula is C17H28Cl2N6O. The van der Waals surface area contributed by atoms with Crippen LogP contribution in [0.2, 0.25) is 0 Å². The number of nitrogens with zero attached hydrogens (tertiary/aromatic N) is 4. The van der Waals surface area contributed by atoms with Crippen molar-refractivity contribution in [3.05, 3.63) is 36.7 Å². The number of hydrogen-bond acceptors (Lipinski definition) is 4. The zero-order valence-electron chi connectivity index (χ0n) is 15.2. The summed E-state index contributed by atoms with van der Waals surface area (Å²) in [5.74, 6) is 1.45. The van der Waals surface area contributed by atoms with Gasteiger partial charge in [0.05, 0.1) is 6.54 Å². The second-order valence-electron chi connectivity index (χ2n) is 6.80. The third-order valence-electron chi connectivity index (χ3n) is 4.57. The first-order valence-corrected chi connectivity index (χ1v) is 8.61. The van der Waals surface area contributed by atoms with Crippen LogP contribution in [-0.2, 0) is 23.4 Å². The Morgan fingerprint density at radius 3 is 2.62 bits per heavy atom. The maximum absolute atomic E-state index is 13.0. The molecule has 1 aliphatic rings. The molecule has 0 spiro atoms. The third-order valence-corrected chi connectivity index (χ3v) is 4.57. The number of piperidine rings is 1. The van der Waals surface area contributed by atoms with Crippen molar-refractivity contribution in [2.75, 3.05) is 13.1 Å². The van der Waals surface area contributed by atoms with Crippen LogP contribution in [-0.4, -0.2) is 38.3 Å². The number of carbonyl (C=O) groups excluding carboxylic acids is 1. The Balaban J connectivity index is 0.00000169. The van der Waals surface area contributed by atoms with Gasteiger partial charge in [-0.1, -0.05) is 13.8 Å². The first-order valence-electron chi connectivity index (χ1n) is 8.61. The quantitative estimate of drug-likeness (QED) is 0.774. The molecular weight excluding hydrogens is 375 g/mol. The van der Waals surface area contributed by atoms with Crippen molar-refractivity contribution in [1.82, 2.24) is 30.0 Å². The van der Waals surface area contributed by atoms with Crippen molar-refractivity contribution in [3.8, 4) is 0 Å². The molecule has 0 bridgehead atoms. The topological polar surface area (TPSA) is 76.8 Å². The number of aromatic nitrogens is 4. The Morgan fingerprint density at radius 1 is 1.27 bits per heavy atom. The van der Waals surface area contributed by atoms with E-state index < -0.39 is 5.54 Å². The molecule has 1 amide bonds. The second kappa shape index (κ2) is 9.94. The number of hydrogen-bond donors (Lipinski definition) is 2. The Morgan fingerprint density at radius 2 is 2.00 bits per heavy atom. The monoisotopic (exact) mass is 402 g/mol. The van der Waals surface area contributed by atoms with Gasteiger partial charge in [0.15, 0.2) is 0 Å². The SMILES string of the molecule is CC(C)Cn1ccnc1CNC(=O)C1(n2cccn2)CCNCC1.Cl.Cl. The molecule has 0 atom stereocenters. The van der Waals surface area contributed by atoms with Crippen molar-refractivity contribution >= 4 is 30.7 Å². The lowest BCUT2D eigenvalue weighted by atomic mass is 9.87. The minimum Gasteiger partial charge on any atom is -0.347 e. The van der Waals surface area contributed by atoms with Crippen LogP contribution < -0.4 is 10.6 Å². The zero-order chi connectivity index (χ0) is 17.0. The summed E-state index contributed by atoms with van der Waals surface area (Å²) in [4.78, 5) is 17.4. The lowest BCUT2D eigenvalue weighted by molar-refractivity contribution is -0.132. The Hall–Kier alpha value is -1.57. The summed E-state index contributed by atoms with van der Waals surface area (Å²) in [7, 11) is 0. The van der Waals surface area contributed by atoms with Crippen LogP contribution in [0, 0.1) is 5.92 Å². The van der Waals surface area contributed by atoms with Gasteiger partial charge in [0.2, 0.25) is 5.91 Å². The molecule has 0 aromatic carbocycles. The molecule has 2 aromatic heterocycles. The molecule has 9 heteroatoms. The van der Waals surface area contributed by atoms with Crippen molar-refractivity contribution in [3.63, 3.8) is 0 Å². The normalized spacial score (nSPS) is 15.8. The van der Waals surface area contributed by atoms with Gasteiger partial charge in [-0.15, -0.1) is 24.8 Å². The van der Waals surface area contributed by atoms with E-state index in [4.69, 9.17) is 0 Å². The van der Waals surface area contributed by atoms with E-state index in [0.29, 0.717) is 12.5 Å². The molecule has 26 heavy (non-hydrogen) atoms. The van der Waals surface area contributed by atoms with Crippen molar-refractivity contribution in [2.45, 2.75) is 45.3 Å². The summed E-state index contributed by atoms with van der Waals surface area (Å²) in [6.07, 6.45) is 8.84. The number of halogens is 2. The molecule has 0 aliphatic carbocycles. The van der Waals surface area contributed by atoms with Crippen LogP contribution in [0.4, 0.5) is 0 Å². The first kappa shape index (κ1) is 22.5. The van der Waals surface area contributed by atoms with Crippen molar-refractivity contribution in [2.24, 2.45) is 5.92 Å².